The van der Waals surface area contributed by atoms with E-state index in [1.54, 1.807) is 19.2 Å². The van der Waals surface area contributed by atoms with Crippen LogP contribution in [0, 0.1) is 6.92 Å². The minimum Gasteiger partial charge on any atom is -0.497 e. The number of benzene rings is 2. The Hall–Kier alpha value is -2.73. The van der Waals surface area contributed by atoms with Crippen molar-refractivity contribution in [1.82, 2.24) is 4.57 Å². The van der Waals surface area contributed by atoms with Gasteiger partial charge in [0.05, 0.1) is 17.7 Å². The molecule has 0 aliphatic heterocycles. The topological polar surface area (TPSA) is 60.3 Å². The van der Waals surface area contributed by atoms with Crippen molar-refractivity contribution >= 4 is 15.7 Å². The molecule has 0 fully saturated rings. The average molecular weight is 356 g/mol. The maximum Gasteiger partial charge on any atom is 0.261 e. The molecule has 0 radical (unpaired) electrons. The molecule has 1 heterocycles. The lowest BCUT2D eigenvalue weighted by atomic mass is 10.1. The van der Waals surface area contributed by atoms with Crippen LogP contribution in [-0.4, -0.2) is 20.1 Å². The second-order valence-corrected chi connectivity index (χ2v) is 7.50. The molecule has 0 saturated carbocycles. The van der Waals surface area contributed by atoms with Gasteiger partial charge < -0.3 is 9.30 Å². The van der Waals surface area contributed by atoms with Crippen molar-refractivity contribution in [1.29, 1.82) is 0 Å². The van der Waals surface area contributed by atoms with E-state index in [0.717, 1.165) is 16.8 Å². The normalized spacial score (nSPS) is 11.3. The number of hydrogen-bond donors (Lipinski definition) is 1. The van der Waals surface area contributed by atoms with Gasteiger partial charge in [-0.3, -0.25) is 4.72 Å². The smallest absolute Gasteiger partial charge is 0.261 e. The molecule has 6 heteroatoms. The largest absolute Gasteiger partial charge is 0.497 e. The highest BCUT2D eigenvalue weighted by molar-refractivity contribution is 7.92. The highest BCUT2D eigenvalue weighted by Gasteiger charge is 2.16. The first-order chi connectivity index (χ1) is 11.9. The van der Waals surface area contributed by atoms with Crippen molar-refractivity contribution in [3.05, 3.63) is 66.4 Å². The van der Waals surface area contributed by atoms with E-state index in [0.29, 0.717) is 11.4 Å². The first-order valence-electron chi connectivity index (χ1n) is 7.80. The van der Waals surface area contributed by atoms with Crippen LogP contribution in [0.5, 0.6) is 5.75 Å². The Bertz CT molecular complexity index is 990. The number of methoxy groups -OCH3 is 1. The zero-order valence-corrected chi connectivity index (χ0v) is 15.2. The molecule has 5 nitrogen and oxygen atoms in total. The third kappa shape index (κ3) is 3.53. The molecule has 3 rings (SSSR count). The van der Waals surface area contributed by atoms with Gasteiger partial charge in [0.2, 0.25) is 0 Å². The summed E-state index contributed by atoms with van der Waals surface area (Å²) >= 11 is 0. The van der Waals surface area contributed by atoms with Gasteiger partial charge in [-0.25, -0.2) is 8.42 Å². The molecule has 130 valence electrons. The number of ether oxygens (including phenoxy) is 1. The minimum atomic E-state index is -3.67. The molecular weight excluding hydrogens is 336 g/mol. The molecule has 25 heavy (non-hydrogen) atoms. The van der Waals surface area contributed by atoms with E-state index in [-0.39, 0.29) is 4.90 Å². The summed E-state index contributed by atoms with van der Waals surface area (Å²) in [6.45, 7) is 1.88. The molecule has 3 aromatic rings. The molecule has 1 aromatic heterocycles. The molecule has 0 unspecified atom stereocenters. The summed E-state index contributed by atoms with van der Waals surface area (Å²) in [5.41, 5.74) is 3.39. The highest BCUT2D eigenvalue weighted by atomic mass is 32.2. The van der Waals surface area contributed by atoms with Crippen molar-refractivity contribution in [3.63, 3.8) is 0 Å². The molecule has 0 spiro atoms. The summed E-state index contributed by atoms with van der Waals surface area (Å²) in [7, 11) is -0.172. The predicted molar refractivity (Wildman–Crippen MR) is 99.4 cm³/mol. The number of anilines is 1. The maximum atomic E-state index is 12.7. The molecule has 0 amide bonds. The van der Waals surface area contributed by atoms with Gasteiger partial charge in [-0.2, -0.15) is 0 Å². The van der Waals surface area contributed by atoms with Gasteiger partial charge >= 0.3 is 0 Å². The van der Waals surface area contributed by atoms with Crippen molar-refractivity contribution in [2.45, 2.75) is 11.8 Å². The minimum absolute atomic E-state index is 0.192. The number of rotatable bonds is 5. The Balaban J connectivity index is 1.95. The van der Waals surface area contributed by atoms with Crippen LogP contribution in [0.25, 0.3) is 11.3 Å². The SMILES string of the molecule is COc1ccc(S(=O)(=O)Nc2cc(-c3cccn3C)ccc2C)cc1. The number of sulfonamides is 1. The standard InChI is InChI=1S/C19H20N2O3S/c1-14-6-7-15(19-5-4-12-21(19)2)13-18(14)20-25(22,23)17-10-8-16(24-3)9-11-17/h4-13,20H,1-3H3. The van der Waals surface area contributed by atoms with E-state index in [4.69, 9.17) is 4.74 Å². The Morgan fingerprint density at radius 3 is 2.36 bits per heavy atom. The molecule has 1 N–H and O–H groups in total. The van der Waals surface area contributed by atoms with Crippen LogP contribution in [0.3, 0.4) is 0 Å². The summed E-state index contributed by atoms with van der Waals surface area (Å²) in [4.78, 5) is 0.192. The van der Waals surface area contributed by atoms with Crippen molar-refractivity contribution < 1.29 is 13.2 Å². The van der Waals surface area contributed by atoms with E-state index < -0.39 is 10.0 Å². The summed E-state index contributed by atoms with van der Waals surface area (Å²) in [6, 6.07) is 16.0. The van der Waals surface area contributed by atoms with Crippen LogP contribution in [0.15, 0.2) is 65.7 Å². The number of aromatic nitrogens is 1. The van der Waals surface area contributed by atoms with Gasteiger partial charge in [0.1, 0.15) is 5.75 Å². The van der Waals surface area contributed by atoms with E-state index in [1.807, 2.05) is 55.1 Å². The van der Waals surface area contributed by atoms with Crippen LogP contribution in [0.1, 0.15) is 5.56 Å². The van der Waals surface area contributed by atoms with E-state index in [1.165, 1.54) is 12.1 Å². The van der Waals surface area contributed by atoms with Gasteiger partial charge in [0, 0.05) is 24.5 Å². The third-order valence-corrected chi connectivity index (χ3v) is 5.47. The van der Waals surface area contributed by atoms with E-state index in [2.05, 4.69) is 4.72 Å². The summed E-state index contributed by atoms with van der Waals surface area (Å²) in [5, 5.41) is 0. The summed E-state index contributed by atoms with van der Waals surface area (Å²) in [5.74, 6) is 0.612. The Morgan fingerprint density at radius 1 is 1.04 bits per heavy atom. The van der Waals surface area contributed by atoms with Gasteiger partial charge in [-0.15, -0.1) is 0 Å². The zero-order valence-electron chi connectivity index (χ0n) is 14.4. The monoisotopic (exact) mass is 356 g/mol. The highest BCUT2D eigenvalue weighted by Crippen LogP contribution is 2.27. The van der Waals surface area contributed by atoms with E-state index >= 15 is 0 Å². The first-order valence-corrected chi connectivity index (χ1v) is 9.28. The first kappa shape index (κ1) is 17.1. The fraction of sp³-hybridized carbons (Fsp3) is 0.158. The lowest BCUT2D eigenvalue weighted by Gasteiger charge is -2.13. The van der Waals surface area contributed by atoms with Crippen molar-refractivity contribution in [3.8, 4) is 17.0 Å². The molecule has 0 aliphatic carbocycles. The summed E-state index contributed by atoms with van der Waals surface area (Å²) in [6.07, 6.45) is 1.95. The quantitative estimate of drug-likeness (QED) is 0.756. The molecule has 0 atom stereocenters. The van der Waals surface area contributed by atoms with Crippen LogP contribution < -0.4 is 9.46 Å². The van der Waals surface area contributed by atoms with Crippen molar-refractivity contribution in [2.75, 3.05) is 11.8 Å². The van der Waals surface area contributed by atoms with Crippen LogP contribution in [0.4, 0.5) is 5.69 Å². The van der Waals surface area contributed by atoms with E-state index in [9.17, 15) is 8.42 Å². The number of nitrogens with zero attached hydrogens (tertiary/aromatic N) is 1. The second-order valence-electron chi connectivity index (χ2n) is 5.82. The second kappa shape index (κ2) is 6.64. The fourth-order valence-corrected chi connectivity index (χ4v) is 3.73. The zero-order chi connectivity index (χ0) is 18.0. The van der Waals surface area contributed by atoms with Gasteiger partial charge in [-0.05, 0) is 55.0 Å². The van der Waals surface area contributed by atoms with Gasteiger partial charge in [-0.1, -0.05) is 12.1 Å². The average Bonchev–Trinajstić information content (AvgIpc) is 3.03. The Kier molecular flexibility index (Phi) is 4.55. The molecule has 2 aromatic carbocycles. The van der Waals surface area contributed by atoms with Gasteiger partial charge in [0.15, 0.2) is 0 Å². The number of hydrogen-bond acceptors (Lipinski definition) is 3. The van der Waals surface area contributed by atoms with Crippen LogP contribution >= 0.6 is 0 Å². The predicted octanol–water partition coefficient (Wildman–Crippen LogP) is 3.81. The van der Waals surface area contributed by atoms with Crippen molar-refractivity contribution in [2.24, 2.45) is 7.05 Å². The lowest BCUT2D eigenvalue weighted by Crippen LogP contribution is -2.13. The molecule has 0 saturated heterocycles. The summed E-state index contributed by atoms with van der Waals surface area (Å²) < 4.78 is 35.1. The molecule has 0 bridgehead atoms. The molecule has 0 aliphatic rings. The number of aryl methyl sites for hydroxylation is 2. The lowest BCUT2D eigenvalue weighted by molar-refractivity contribution is 0.414. The third-order valence-electron chi connectivity index (χ3n) is 4.09. The van der Waals surface area contributed by atoms with Crippen LogP contribution in [-0.2, 0) is 17.1 Å². The molecular formula is C19H20N2O3S. The Labute approximate surface area is 147 Å². The van der Waals surface area contributed by atoms with Crippen LogP contribution in [0.2, 0.25) is 0 Å². The Morgan fingerprint density at radius 2 is 1.76 bits per heavy atom. The van der Waals surface area contributed by atoms with Gasteiger partial charge in [0.25, 0.3) is 10.0 Å². The fourth-order valence-electron chi connectivity index (χ4n) is 2.61. The maximum absolute atomic E-state index is 12.7. The number of nitrogens with one attached hydrogen (secondary N) is 1.